The Morgan fingerprint density at radius 3 is 0.714 bits per heavy atom. The van der Waals surface area contributed by atoms with Gasteiger partial charge < -0.3 is 9.80 Å². The Bertz CT molecular complexity index is 644. The molecule has 0 fully saturated rings. The average Bonchev–Trinajstić information content (AvgIpc) is 3.50. The van der Waals surface area contributed by atoms with Crippen LogP contribution in [0.5, 0.6) is 0 Å². The Kier molecular flexibility index (Phi) is 36.5. The van der Waals surface area contributed by atoms with E-state index in [0.29, 0.717) is 6.17 Å². The summed E-state index contributed by atoms with van der Waals surface area (Å²) in [6.45, 7) is 9.49. The standard InChI is InChI=1S/C47H94N2/c1-4-7-10-13-16-19-21-23-24-25-26-28-30-33-36-39-42-47-48(43-40-37-34-31-18-15-12-9-6-3)45-46-49(47)44-41-38-35-32-29-27-22-20-17-14-11-8-5-2/h45-47H,4-44H2,1-3H3. The van der Waals surface area contributed by atoms with Crippen LogP contribution in [0, 0.1) is 0 Å². The van der Waals surface area contributed by atoms with E-state index in [1.54, 1.807) is 0 Å². The lowest BCUT2D eigenvalue weighted by Crippen LogP contribution is -2.39. The summed E-state index contributed by atoms with van der Waals surface area (Å²) in [6, 6.07) is 0. The van der Waals surface area contributed by atoms with E-state index in [1.807, 2.05) is 0 Å². The fourth-order valence-electron chi connectivity index (χ4n) is 8.13. The van der Waals surface area contributed by atoms with Crippen molar-refractivity contribution in [3.63, 3.8) is 0 Å². The third-order valence-electron chi connectivity index (χ3n) is 11.6. The minimum Gasteiger partial charge on any atom is -0.356 e. The van der Waals surface area contributed by atoms with Gasteiger partial charge in [0.25, 0.3) is 0 Å². The van der Waals surface area contributed by atoms with Gasteiger partial charge in [0.05, 0.1) is 0 Å². The van der Waals surface area contributed by atoms with Crippen molar-refractivity contribution in [1.82, 2.24) is 9.80 Å². The molecule has 0 aliphatic carbocycles. The SMILES string of the molecule is CCCCCCCCCCCCCCCCCCC1N(CCCCCCCCCCC)C=CN1CCCCCCCCCCCCCCC. The first-order valence-electron chi connectivity index (χ1n) is 23.5. The quantitative estimate of drug-likeness (QED) is 0.0591. The Balaban J connectivity index is 2.18. The zero-order valence-corrected chi connectivity index (χ0v) is 34.6. The molecule has 0 saturated heterocycles. The lowest BCUT2D eigenvalue weighted by Gasteiger charge is -2.33. The number of hydrogen-bond acceptors (Lipinski definition) is 2. The van der Waals surface area contributed by atoms with Crippen molar-refractivity contribution < 1.29 is 0 Å². The second kappa shape index (κ2) is 38.6. The zero-order chi connectivity index (χ0) is 35.1. The molecule has 0 aromatic rings. The molecule has 0 amide bonds. The highest BCUT2D eigenvalue weighted by atomic mass is 15.4. The number of nitrogens with zero attached hydrogens (tertiary/aromatic N) is 2. The van der Waals surface area contributed by atoms with E-state index in [2.05, 4.69) is 43.0 Å². The van der Waals surface area contributed by atoms with Crippen molar-refractivity contribution in [2.45, 2.75) is 277 Å². The van der Waals surface area contributed by atoms with Crippen LogP contribution in [0.15, 0.2) is 12.4 Å². The van der Waals surface area contributed by atoms with Crippen molar-refractivity contribution in [1.29, 1.82) is 0 Å². The lowest BCUT2D eigenvalue weighted by atomic mass is 10.0. The fourth-order valence-corrected chi connectivity index (χ4v) is 8.13. The number of rotatable bonds is 41. The molecule has 0 saturated carbocycles. The Labute approximate surface area is 311 Å². The van der Waals surface area contributed by atoms with Crippen molar-refractivity contribution in [2.24, 2.45) is 0 Å². The molecule has 1 heterocycles. The maximum absolute atomic E-state index is 2.73. The van der Waals surface area contributed by atoms with Crippen molar-refractivity contribution in [2.75, 3.05) is 13.1 Å². The summed E-state index contributed by atoms with van der Waals surface area (Å²) < 4.78 is 0. The topological polar surface area (TPSA) is 6.48 Å². The number of hydrogen-bond donors (Lipinski definition) is 0. The Morgan fingerprint density at radius 1 is 0.265 bits per heavy atom. The first kappa shape index (κ1) is 46.4. The van der Waals surface area contributed by atoms with E-state index >= 15 is 0 Å². The van der Waals surface area contributed by atoms with Gasteiger partial charge in [0, 0.05) is 25.5 Å². The molecule has 0 bridgehead atoms. The maximum Gasteiger partial charge on any atom is 0.101 e. The minimum absolute atomic E-state index is 0.637. The normalized spacial score (nSPS) is 14.6. The predicted molar refractivity (Wildman–Crippen MR) is 223 cm³/mol. The number of unbranched alkanes of at least 4 members (excludes halogenated alkanes) is 35. The van der Waals surface area contributed by atoms with Gasteiger partial charge in [-0.3, -0.25) is 0 Å². The predicted octanol–water partition coefficient (Wildman–Crippen LogP) is 16.7. The Morgan fingerprint density at radius 2 is 0.469 bits per heavy atom. The van der Waals surface area contributed by atoms with Gasteiger partial charge in [-0.2, -0.15) is 0 Å². The van der Waals surface area contributed by atoms with Crippen LogP contribution >= 0.6 is 0 Å². The van der Waals surface area contributed by atoms with Gasteiger partial charge in [0.1, 0.15) is 6.17 Å². The minimum atomic E-state index is 0.637. The molecular formula is C47H94N2. The van der Waals surface area contributed by atoms with E-state index in [4.69, 9.17) is 0 Å². The molecule has 0 N–H and O–H groups in total. The van der Waals surface area contributed by atoms with Gasteiger partial charge in [0.15, 0.2) is 0 Å². The van der Waals surface area contributed by atoms with Crippen LogP contribution in [-0.4, -0.2) is 29.1 Å². The van der Waals surface area contributed by atoms with Crippen LogP contribution in [0.25, 0.3) is 0 Å². The molecule has 1 unspecified atom stereocenters. The van der Waals surface area contributed by atoms with Crippen LogP contribution in [0.1, 0.15) is 271 Å². The molecule has 292 valence electrons. The van der Waals surface area contributed by atoms with Gasteiger partial charge in [-0.15, -0.1) is 0 Å². The van der Waals surface area contributed by atoms with Crippen LogP contribution in [-0.2, 0) is 0 Å². The smallest absolute Gasteiger partial charge is 0.101 e. The second-order valence-corrected chi connectivity index (χ2v) is 16.4. The van der Waals surface area contributed by atoms with Gasteiger partial charge >= 0.3 is 0 Å². The van der Waals surface area contributed by atoms with E-state index in [9.17, 15) is 0 Å². The van der Waals surface area contributed by atoms with Crippen molar-refractivity contribution in [3.05, 3.63) is 12.4 Å². The van der Waals surface area contributed by atoms with E-state index in [1.165, 1.54) is 264 Å². The van der Waals surface area contributed by atoms with Crippen LogP contribution in [0.3, 0.4) is 0 Å². The molecule has 0 radical (unpaired) electrons. The highest BCUT2D eigenvalue weighted by Crippen LogP contribution is 2.24. The van der Waals surface area contributed by atoms with E-state index in [-0.39, 0.29) is 0 Å². The van der Waals surface area contributed by atoms with Gasteiger partial charge in [-0.05, 0) is 25.7 Å². The Hall–Kier alpha value is -0.660. The first-order chi connectivity index (χ1) is 24.3. The second-order valence-electron chi connectivity index (χ2n) is 16.4. The molecule has 1 aliphatic rings. The third-order valence-corrected chi connectivity index (χ3v) is 11.6. The zero-order valence-electron chi connectivity index (χ0n) is 34.6. The van der Waals surface area contributed by atoms with E-state index in [0.717, 1.165) is 0 Å². The molecule has 0 aromatic heterocycles. The summed E-state index contributed by atoms with van der Waals surface area (Å²) >= 11 is 0. The molecule has 2 heteroatoms. The molecular weight excluding hydrogens is 593 g/mol. The average molecular weight is 687 g/mol. The molecule has 0 aromatic carbocycles. The summed E-state index contributed by atoms with van der Waals surface area (Å²) in [7, 11) is 0. The fraction of sp³-hybridized carbons (Fsp3) is 0.957. The van der Waals surface area contributed by atoms with Gasteiger partial charge in [0.2, 0.25) is 0 Å². The summed E-state index contributed by atoms with van der Waals surface area (Å²) in [6.07, 6.45) is 61.9. The summed E-state index contributed by atoms with van der Waals surface area (Å²) in [4.78, 5) is 5.46. The van der Waals surface area contributed by atoms with Crippen LogP contribution in [0.4, 0.5) is 0 Å². The van der Waals surface area contributed by atoms with Gasteiger partial charge in [-0.25, -0.2) is 0 Å². The highest BCUT2D eigenvalue weighted by Gasteiger charge is 2.24. The van der Waals surface area contributed by atoms with Gasteiger partial charge in [-0.1, -0.05) is 245 Å². The first-order valence-corrected chi connectivity index (χ1v) is 23.5. The van der Waals surface area contributed by atoms with E-state index < -0.39 is 0 Å². The summed E-state index contributed by atoms with van der Waals surface area (Å²) in [5.41, 5.74) is 0. The maximum atomic E-state index is 2.73. The monoisotopic (exact) mass is 687 g/mol. The van der Waals surface area contributed by atoms with Crippen LogP contribution in [0.2, 0.25) is 0 Å². The largest absolute Gasteiger partial charge is 0.356 e. The van der Waals surface area contributed by atoms with Crippen molar-refractivity contribution in [3.8, 4) is 0 Å². The van der Waals surface area contributed by atoms with Crippen LogP contribution < -0.4 is 0 Å². The summed E-state index contributed by atoms with van der Waals surface area (Å²) in [5, 5.41) is 0. The lowest BCUT2D eigenvalue weighted by molar-refractivity contribution is 0.135. The highest BCUT2D eigenvalue weighted by molar-refractivity contribution is 4.97. The summed E-state index contributed by atoms with van der Waals surface area (Å²) in [5.74, 6) is 0. The molecule has 1 rings (SSSR count). The third kappa shape index (κ3) is 30.7. The van der Waals surface area contributed by atoms with Crippen molar-refractivity contribution >= 4 is 0 Å². The molecule has 2 nitrogen and oxygen atoms in total. The molecule has 1 atom stereocenters. The molecule has 0 spiro atoms. The molecule has 1 aliphatic heterocycles. The molecule has 49 heavy (non-hydrogen) atoms.